The fourth-order valence-electron chi connectivity index (χ4n) is 4.86. The molecule has 42 heavy (non-hydrogen) atoms. The summed E-state index contributed by atoms with van der Waals surface area (Å²) in [5.41, 5.74) is 12.1. The zero-order valence-corrected chi connectivity index (χ0v) is 24.8. The van der Waals surface area contributed by atoms with E-state index in [4.69, 9.17) is 16.2 Å². The van der Waals surface area contributed by atoms with Gasteiger partial charge in [0.2, 0.25) is 17.7 Å². The maximum atomic E-state index is 13.5. The molecule has 1 fully saturated rings. The minimum absolute atomic E-state index is 0.0419. The zero-order chi connectivity index (χ0) is 30.9. The maximum absolute atomic E-state index is 13.5. The predicted octanol–water partition coefficient (Wildman–Crippen LogP) is 1.68. The Morgan fingerprint density at radius 3 is 2.24 bits per heavy atom. The van der Waals surface area contributed by atoms with Crippen molar-refractivity contribution in [1.29, 1.82) is 5.26 Å². The Bertz CT molecular complexity index is 1050. The second-order valence-electron chi connectivity index (χ2n) is 11.0. The van der Waals surface area contributed by atoms with Crippen molar-refractivity contribution in [3.05, 3.63) is 35.9 Å². The van der Waals surface area contributed by atoms with Gasteiger partial charge in [0, 0.05) is 6.54 Å². The molecule has 4 atom stereocenters. The highest BCUT2D eigenvalue weighted by molar-refractivity contribution is 5.94. The van der Waals surface area contributed by atoms with Crippen LogP contribution in [-0.4, -0.2) is 72.5 Å². The van der Waals surface area contributed by atoms with Crippen molar-refractivity contribution >= 4 is 23.8 Å². The van der Waals surface area contributed by atoms with E-state index < -0.39 is 42.1 Å². The highest BCUT2D eigenvalue weighted by Crippen LogP contribution is 2.19. The van der Waals surface area contributed by atoms with Gasteiger partial charge in [0.25, 0.3) is 0 Å². The third-order valence-corrected chi connectivity index (χ3v) is 7.10. The van der Waals surface area contributed by atoms with E-state index in [9.17, 15) is 24.4 Å². The lowest BCUT2D eigenvalue weighted by atomic mass is 10.0. The van der Waals surface area contributed by atoms with E-state index >= 15 is 0 Å². The Labute approximate surface area is 248 Å². The van der Waals surface area contributed by atoms with E-state index in [0.29, 0.717) is 64.6 Å². The molecule has 1 aliphatic heterocycles. The maximum Gasteiger partial charge on any atom is 0.408 e. The third kappa shape index (κ3) is 11.7. The van der Waals surface area contributed by atoms with E-state index in [2.05, 4.69) is 22.0 Å². The Hall–Kier alpha value is -3.69. The van der Waals surface area contributed by atoms with Gasteiger partial charge in [0.1, 0.15) is 30.8 Å². The molecule has 232 valence electrons. The van der Waals surface area contributed by atoms with Gasteiger partial charge in [-0.15, -0.1) is 0 Å². The first-order valence-electron chi connectivity index (χ1n) is 14.9. The Balaban J connectivity index is 2.12. The van der Waals surface area contributed by atoms with Crippen LogP contribution in [0, 0.1) is 17.2 Å². The molecule has 0 saturated carbocycles. The Kier molecular flexibility index (Phi) is 15.4. The Morgan fingerprint density at radius 1 is 0.952 bits per heavy atom. The number of nitrogens with two attached hydrogens (primary N) is 2. The molecule has 0 aromatic heterocycles. The van der Waals surface area contributed by atoms with Crippen LogP contribution in [0.15, 0.2) is 30.3 Å². The number of nitriles is 1. The van der Waals surface area contributed by atoms with Gasteiger partial charge in [0.15, 0.2) is 0 Å². The SMILES string of the molecule is CC(C)CC(NC(=O)C(CCCCN)NC(=O)OCc1ccccc1)C(=O)NC(CCCN)C(=O)N1CCCC1C#N. The van der Waals surface area contributed by atoms with Crippen LogP contribution in [0.4, 0.5) is 4.79 Å². The molecule has 1 aromatic carbocycles. The number of carbonyl (C=O) groups excluding carboxylic acids is 4. The van der Waals surface area contributed by atoms with Crippen LogP contribution in [0.1, 0.15) is 70.8 Å². The number of nitrogens with zero attached hydrogens (tertiary/aromatic N) is 2. The molecule has 7 N–H and O–H groups in total. The van der Waals surface area contributed by atoms with E-state index in [0.717, 1.165) is 12.0 Å². The minimum atomic E-state index is -0.949. The van der Waals surface area contributed by atoms with Gasteiger partial charge in [-0.25, -0.2) is 4.79 Å². The average molecular weight is 586 g/mol. The molecule has 1 aromatic rings. The van der Waals surface area contributed by atoms with Crippen LogP contribution in [0.5, 0.6) is 0 Å². The summed E-state index contributed by atoms with van der Waals surface area (Å²) in [7, 11) is 0. The second kappa shape index (κ2) is 18.7. The number of amides is 4. The number of carbonyl (C=O) groups is 4. The number of unbranched alkanes of at least 4 members (excludes halogenated alkanes) is 1. The van der Waals surface area contributed by atoms with Crippen molar-refractivity contribution in [2.75, 3.05) is 19.6 Å². The van der Waals surface area contributed by atoms with E-state index in [1.54, 1.807) is 0 Å². The third-order valence-electron chi connectivity index (χ3n) is 7.10. The van der Waals surface area contributed by atoms with Crippen LogP contribution < -0.4 is 27.4 Å². The van der Waals surface area contributed by atoms with E-state index in [1.807, 2.05) is 44.2 Å². The summed E-state index contributed by atoms with van der Waals surface area (Å²) in [6.07, 6.45) is 3.25. The van der Waals surface area contributed by atoms with Gasteiger partial charge in [-0.1, -0.05) is 44.2 Å². The van der Waals surface area contributed by atoms with Crippen molar-refractivity contribution < 1.29 is 23.9 Å². The van der Waals surface area contributed by atoms with Gasteiger partial charge in [0.05, 0.1) is 6.07 Å². The summed E-state index contributed by atoms with van der Waals surface area (Å²) in [5, 5.41) is 17.7. The van der Waals surface area contributed by atoms with Crippen LogP contribution in [0.3, 0.4) is 0 Å². The van der Waals surface area contributed by atoms with Gasteiger partial charge in [-0.05, 0) is 75.9 Å². The van der Waals surface area contributed by atoms with Gasteiger partial charge < -0.3 is 37.1 Å². The first kappa shape index (κ1) is 34.5. The standard InChI is InChI=1S/C30H47N7O5/c1-21(2)18-26(28(39)34-25(14-8-16-32)29(40)37-17-9-12-23(37)19-33)35-27(38)24(13-6-7-15-31)36-30(41)42-20-22-10-4-3-5-11-22/h3-5,10-11,21,23-26H,6-9,12-18,20,31-32H2,1-2H3,(H,34,39)(H,35,38)(H,36,41). The molecule has 1 heterocycles. The molecule has 0 aliphatic carbocycles. The average Bonchev–Trinajstić information content (AvgIpc) is 3.46. The highest BCUT2D eigenvalue weighted by Gasteiger charge is 2.35. The summed E-state index contributed by atoms with van der Waals surface area (Å²) >= 11 is 0. The molecule has 0 radical (unpaired) electrons. The fourth-order valence-corrected chi connectivity index (χ4v) is 4.86. The minimum Gasteiger partial charge on any atom is -0.445 e. The molecule has 0 spiro atoms. The lowest BCUT2D eigenvalue weighted by molar-refractivity contribution is -0.137. The molecule has 1 saturated heterocycles. The number of benzene rings is 1. The van der Waals surface area contributed by atoms with Crippen LogP contribution in [-0.2, 0) is 25.7 Å². The van der Waals surface area contributed by atoms with Gasteiger partial charge in [-0.3, -0.25) is 14.4 Å². The molecule has 2 rings (SSSR count). The quantitative estimate of drug-likeness (QED) is 0.170. The summed E-state index contributed by atoms with van der Waals surface area (Å²) in [6.45, 7) is 5.11. The number of hydrogen-bond acceptors (Lipinski definition) is 8. The van der Waals surface area contributed by atoms with Crippen LogP contribution >= 0.6 is 0 Å². The molecule has 0 bridgehead atoms. The van der Waals surface area contributed by atoms with Crippen molar-refractivity contribution in [2.24, 2.45) is 17.4 Å². The second-order valence-corrected chi connectivity index (χ2v) is 11.0. The number of likely N-dealkylation sites (tertiary alicyclic amines) is 1. The van der Waals surface area contributed by atoms with E-state index in [-0.39, 0.29) is 18.4 Å². The molecule has 1 aliphatic rings. The number of rotatable bonds is 17. The lowest BCUT2D eigenvalue weighted by Crippen LogP contribution is -2.57. The predicted molar refractivity (Wildman–Crippen MR) is 158 cm³/mol. The smallest absolute Gasteiger partial charge is 0.408 e. The lowest BCUT2D eigenvalue weighted by Gasteiger charge is -2.29. The highest BCUT2D eigenvalue weighted by atomic mass is 16.5. The normalized spacial score (nSPS) is 16.7. The largest absolute Gasteiger partial charge is 0.445 e. The molecule has 4 amide bonds. The van der Waals surface area contributed by atoms with E-state index in [1.165, 1.54) is 4.90 Å². The summed E-state index contributed by atoms with van der Waals surface area (Å²) in [6, 6.07) is 8.04. The van der Waals surface area contributed by atoms with Crippen LogP contribution in [0.25, 0.3) is 0 Å². The Morgan fingerprint density at radius 2 is 1.60 bits per heavy atom. The zero-order valence-electron chi connectivity index (χ0n) is 24.8. The summed E-state index contributed by atoms with van der Waals surface area (Å²) in [5.74, 6) is -1.32. The molecular formula is C30H47N7O5. The van der Waals surface area contributed by atoms with Crippen molar-refractivity contribution in [3.63, 3.8) is 0 Å². The van der Waals surface area contributed by atoms with Crippen molar-refractivity contribution in [2.45, 2.75) is 96.0 Å². The van der Waals surface area contributed by atoms with Gasteiger partial charge in [-0.2, -0.15) is 5.26 Å². The number of alkyl carbamates (subject to hydrolysis) is 1. The fraction of sp³-hybridized carbons (Fsp3) is 0.633. The first-order chi connectivity index (χ1) is 20.2. The van der Waals surface area contributed by atoms with Gasteiger partial charge >= 0.3 is 6.09 Å². The monoisotopic (exact) mass is 585 g/mol. The molecule has 4 unspecified atom stereocenters. The summed E-state index contributed by atoms with van der Waals surface area (Å²) < 4.78 is 5.31. The van der Waals surface area contributed by atoms with Crippen molar-refractivity contribution in [3.8, 4) is 6.07 Å². The summed E-state index contributed by atoms with van der Waals surface area (Å²) in [4.78, 5) is 54.3. The first-order valence-corrected chi connectivity index (χ1v) is 14.9. The number of ether oxygens (including phenoxy) is 1. The molecule has 12 nitrogen and oxygen atoms in total. The molecular weight excluding hydrogens is 538 g/mol. The topological polar surface area (TPSA) is 193 Å². The van der Waals surface area contributed by atoms with Crippen LogP contribution in [0.2, 0.25) is 0 Å². The number of nitrogens with one attached hydrogen (secondary N) is 3. The number of hydrogen-bond donors (Lipinski definition) is 5. The molecule has 12 heteroatoms. The van der Waals surface area contributed by atoms with Crippen molar-refractivity contribution in [1.82, 2.24) is 20.9 Å².